The third-order valence-electron chi connectivity index (χ3n) is 8.04. The molecule has 4 rings (SSSR count). The van der Waals surface area contributed by atoms with Crippen molar-refractivity contribution in [3.8, 4) is 16.9 Å². The lowest BCUT2D eigenvalue weighted by Gasteiger charge is -2.15. The maximum absolute atomic E-state index is 12.6. The zero-order valence-corrected chi connectivity index (χ0v) is 28.0. The van der Waals surface area contributed by atoms with Crippen LogP contribution in [-0.2, 0) is 32.5 Å². The summed E-state index contributed by atoms with van der Waals surface area (Å²) in [5, 5.41) is 29.5. The van der Waals surface area contributed by atoms with E-state index in [2.05, 4.69) is 5.32 Å². The molecule has 0 aliphatic rings. The Hall–Kier alpha value is -4.06. The fourth-order valence-electron chi connectivity index (χ4n) is 5.26. The van der Waals surface area contributed by atoms with Crippen LogP contribution in [0.15, 0.2) is 102 Å². The maximum atomic E-state index is 12.6. The molecular weight excluding hydrogens is 628 g/mol. The number of benzene rings is 4. The second-order valence-electron chi connectivity index (χ2n) is 11.8. The molecule has 0 saturated carbocycles. The Kier molecular flexibility index (Phi) is 14.6. The zero-order chi connectivity index (χ0) is 34.2. The number of rotatable bonds is 20. The number of aliphatic hydroxyl groups excluding tert-OH is 1. The van der Waals surface area contributed by atoms with Crippen LogP contribution in [0.4, 0.5) is 0 Å². The third kappa shape index (κ3) is 12.2. The number of sulfonamides is 1. The van der Waals surface area contributed by atoms with E-state index in [4.69, 9.17) is 14.6 Å². The number of esters is 1. The van der Waals surface area contributed by atoms with Crippen molar-refractivity contribution in [2.75, 3.05) is 26.3 Å². The van der Waals surface area contributed by atoms with Gasteiger partial charge in [0.2, 0.25) is 10.0 Å². The van der Waals surface area contributed by atoms with Gasteiger partial charge in [-0.2, -0.15) is 0 Å². The highest BCUT2D eigenvalue weighted by molar-refractivity contribution is 7.89. The smallest absolute Gasteiger partial charge is 0.338 e. The normalized spacial score (nSPS) is 12.1. The Morgan fingerprint density at radius 3 is 2.25 bits per heavy atom. The number of phenols is 1. The number of aromatic hydroxyl groups is 1. The average Bonchev–Trinajstić information content (AvgIpc) is 3.10. The Labute approximate surface area is 283 Å². The van der Waals surface area contributed by atoms with Crippen molar-refractivity contribution in [3.05, 3.63) is 119 Å². The molecule has 0 spiro atoms. The molecule has 4 aromatic rings. The predicted molar refractivity (Wildman–Crippen MR) is 187 cm³/mol. The lowest BCUT2D eigenvalue weighted by atomic mass is 10.0. The summed E-state index contributed by atoms with van der Waals surface area (Å²) < 4.78 is 34.2. The molecule has 5 N–H and O–H groups in total. The van der Waals surface area contributed by atoms with Gasteiger partial charge in [0.1, 0.15) is 12.4 Å². The number of aryl methyl sites for hydroxylation is 1. The van der Waals surface area contributed by atoms with Crippen molar-refractivity contribution in [2.24, 2.45) is 5.14 Å². The topological polar surface area (TPSA) is 148 Å². The quantitative estimate of drug-likeness (QED) is 0.0632. The summed E-state index contributed by atoms with van der Waals surface area (Å²) in [6, 6.07) is 28.7. The van der Waals surface area contributed by atoms with E-state index >= 15 is 0 Å². The first-order valence-electron chi connectivity index (χ1n) is 16.4. The standard InChI is InChI=1S/C38H46N2O7S/c39-48(44,45)35-15-10-12-29(25-35)11-6-9-24-46-23-8-2-1-7-22-40-27-37(42)33-20-21-36(41)34(26-33)28-47-38(43)32-18-16-31(17-19-32)30-13-4-3-5-14-30/h3-5,10,12-21,25-26,37,40-42H,1-2,6-9,11,22-24,27-28H2,(H2,39,44,45)/t37-/m0/s1. The molecule has 9 nitrogen and oxygen atoms in total. The van der Waals surface area contributed by atoms with Gasteiger partial charge >= 0.3 is 5.97 Å². The summed E-state index contributed by atoms with van der Waals surface area (Å²) in [6.45, 7) is 2.43. The monoisotopic (exact) mass is 674 g/mol. The molecule has 48 heavy (non-hydrogen) atoms. The number of aliphatic hydroxyl groups is 1. The van der Waals surface area contributed by atoms with Crippen LogP contribution in [0.5, 0.6) is 5.75 Å². The van der Waals surface area contributed by atoms with Crippen molar-refractivity contribution < 1.29 is 32.9 Å². The van der Waals surface area contributed by atoms with Crippen LogP contribution in [-0.4, -0.2) is 50.9 Å². The second-order valence-corrected chi connectivity index (χ2v) is 13.4. The maximum Gasteiger partial charge on any atom is 0.338 e. The number of ether oxygens (including phenoxy) is 2. The van der Waals surface area contributed by atoms with Crippen LogP contribution < -0.4 is 10.5 Å². The molecule has 0 aliphatic carbocycles. The lowest BCUT2D eigenvalue weighted by molar-refractivity contribution is 0.0470. The largest absolute Gasteiger partial charge is 0.508 e. The van der Waals surface area contributed by atoms with Gasteiger partial charge in [-0.15, -0.1) is 0 Å². The highest BCUT2D eigenvalue weighted by Gasteiger charge is 2.14. The molecule has 0 aromatic heterocycles. The first-order chi connectivity index (χ1) is 23.2. The minimum atomic E-state index is -3.68. The first-order valence-corrected chi connectivity index (χ1v) is 18.0. The Bertz CT molecular complexity index is 1680. The second kappa shape index (κ2) is 19.1. The molecule has 256 valence electrons. The van der Waals surface area contributed by atoms with Crippen LogP contribution in [0.2, 0.25) is 0 Å². The fraction of sp³-hybridized carbons (Fsp3) is 0.342. The van der Waals surface area contributed by atoms with Crippen LogP contribution in [0.3, 0.4) is 0 Å². The van der Waals surface area contributed by atoms with Crippen molar-refractivity contribution in [2.45, 2.75) is 62.6 Å². The fourth-order valence-corrected chi connectivity index (χ4v) is 5.85. The van der Waals surface area contributed by atoms with Gasteiger partial charge in [0, 0.05) is 25.3 Å². The number of carbonyl (C=O) groups excluding carboxylic acids is 1. The lowest BCUT2D eigenvalue weighted by Crippen LogP contribution is -2.22. The van der Waals surface area contributed by atoms with E-state index in [0.29, 0.717) is 36.4 Å². The Morgan fingerprint density at radius 2 is 1.50 bits per heavy atom. The molecule has 10 heteroatoms. The summed E-state index contributed by atoms with van der Waals surface area (Å²) in [6.07, 6.45) is 5.91. The highest BCUT2D eigenvalue weighted by Crippen LogP contribution is 2.24. The minimum absolute atomic E-state index is 0.00301. The molecular formula is C38H46N2O7S. The molecule has 0 radical (unpaired) electrons. The molecule has 4 aromatic carbocycles. The van der Waals surface area contributed by atoms with Gasteiger partial charge in [0.25, 0.3) is 0 Å². The molecule has 0 bridgehead atoms. The highest BCUT2D eigenvalue weighted by atomic mass is 32.2. The van der Waals surface area contributed by atoms with Gasteiger partial charge in [0.15, 0.2) is 0 Å². The summed E-state index contributed by atoms with van der Waals surface area (Å²) in [7, 11) is -3.68. The van der Waals surface area contributed by atoms with Crippen LogP contribution in [0, 0.1) is 0 Å². The molecule has 0 heterocycles. The summed E-state index contributed by atoms with van der Waals surface area (Å²) in [4.78, 5) is 12.8. The number of nitrogens with two attached hydrogens (primary N) is 1. The van der Waals surface area contributed by atoms with Gasteiger partial charge in [-0.25, -0.2) is 18.4 Å². The average molecular weight is 675 g/mol. The number of carbonyl (C=O) groups is 1. The van der Waals surface area contributed by atoms with E-state index < -0.39 is 22.1 Å². The summed E-state index contributed by atoms with van der Waals surface area (Å²) >= 11 is 0. The SMILES string of the molecule is NS(=O)(=O)c1cccc(CCCCOCCCCCCNC[C@H](O)c2ccc(O)c(COC(=O)c3ccc(-c4ccccc4)cc3)c2)c1. The molecule has 0 aliphatic heterocycles. The molecule has 0 amide bonds. The Morgan fingerprint density at radius 1 is 0.792 bits per heavy atom. The van der Waals surface area contributed by atoms with Crippen molar-refractivity contribution in [3.63, 3.8) is 0 Å². The van der Waals surface area contributed by atoms with Crippen molar-refractivity contribution in [1.82, 2.24) is 5.32 Å². The van der Waals surface area contributed by atoms with E-state index in [9.17, 15) is 23.4 Å². The van der Waals surface area contributed by atoms with E-state index in [1.807, 2.05) is 48.5 Å². The van der Waals surface area contributed by atoms with Crippen LogP contribution >= 0.6 is 0 Å². The van der Waals surface area contributed by atoms with Crippen LogP contribution in [0.1, 0.15) is 71.7 Å². The van der Waals surface area contributed by atoms with Crippen LogP contribution in [0.25, 0.3) is 11.1 Å². The van der Waals surface area contributed by atoms with E-state index in [0.717, 1.165) is 68.2 Å². The summed E-state index contributed by atoms with van der Waals surface area (Å²) in [5.41, 5.74) is 4.49. The third-order valence-corrected chi connectivity index (χ3v) is 8.95. The van der Waals surface area contributed by atoms with E-state index in [1.54, 1.807) is 36.4 Å². The summed E-state index contributed by atoms with van der Waals surface area (Å²) in [5.74, 6) is -0.486. The number of unbranched alkanes of at least 4 members (excludes halogenated alkanes) is 4. The molecule has 0 saturated heterocycles. The van der Waals surface area contributed by atoms with Crippen molar-refractivity contribution >= 4 is 16.0 Å². The molecule has 1 atom stereocenters. The van der Waals surface area contributed by atoms with Gasteiger partial charge in [-0.1, -0.05) is 73.5 Å². The Balaban J connectivity index is 1.04. The number of primary sulfonamides is 1. The first kappa shape index (κ1) is 36.8. The van der Waals surface area contributed by atoms with E-state index in [1.165, 1.54) is 12.1 Å². The minimum Gasteiger partial charge on any atom is -0.508 e. The molecule has 0 fully saturated rings. The van der Waals surface area contributed by atoms with Gasteiger partial charge in [-0.05, 0) is 97.3 Å². The number of hydrogen-bond acceptors (Lipinski definition) is 8. The molecule has 0 unspecified atom stereocenters. The zero-order valence-electron chi connectivity index (χ0n) is 27.2. The van der Waals surface area contributed by atoms with E-state index in [-0.39, 0.29) is 17.3 Å². The van der Waals surface area contributed by atoms with Gasteiger partial charge in [-0.3, -0.25) is 0 Å². The van der Waals surface area contributed by atoms with Gasteiger partial charge in [0.05, 0.1) is 16.6 Å². The number of nitrogens with one attached hydrogen (secondary N) is 1. The number of hydrogen-bond donors (Lipinski definition) is 4. The van der Waals surface area contributed by atoms with Crippen molar-refractivity contribution in [1.29, 1.82) is 0 Å². The predicted octanol–water partition coefficient (Wildman–Crippen LogP) is 6.29. The number of phenolic OH excluding ortho intramolecular Hbond substituents is 1. The van der Waals surface area contributed by atoms with Gasteiger partial charge < -0.3 is 25.0 Å².